The van der Waals surface area contributed by atoms with Crippen LogP contribution in [0.25, 0.3) is 16.7 Å². The van der Waals surface area contributed by atoms with Gasteiger partial charge in [-0.3, -0.25) is 9.36 Å². The largest absolute Gasteiger partial charge is 0.465 e. The molecule has 0 saturated heterocycles. The van der Waals surface area contributed by atoms with E-state index in [0.717, 1.165) is 4.57 Å². The minimum atomic E-state index is -4.52. The smallest absolute Gasteiger partial charge is 0.405 e. The molecule has 1 aromatic carbocycles. The van der Waals surface area contributed by atoms with Crippen LogP contribution in [0.5, 0.6) is 0 Å². The molecule has 0 amide bonds. The van der Waals surface area contributed by atoms with Crippen LogP contribution in [0.15, 0.2) is 35.1 Å². The summed E-state index contributed by atoms with van der Waals surface area (Å²) in [5.74, 6) is -1.70. The van der Waals surface area contributed by atoms with E-state index in [-0.39, 0.29) is 22.5 Å². The van der Waals surface area contributed by atoms with E-state index in [1.54, 1.807) is 6.92 Å². The summed E-state index contributed by atoms with van der Waals surface area (Å²) in [6.45, 7) is 0.224. The van der Waals surface area contributed by atoms with Gasteiger partial charge in [0.05, 0.1) is 22.5 Å². The van der Waals surface area contributed by atoms with Gasteiger partial charge in [0.1, 0.15) is 17.9 Å². The number of nitrogens with two attached hydrogens (primary N) is 2. The third kappa shape index (κ3) is 3.86. The molecule has 11 heteroatoms. The maximum absolute atomic E-state index is 13.3. The number of ether oxygens (including phenoxy) is 1. The normalized spacial score (nSPS) is 13.4. The van der Waals surface area contributed by atoms with Crippen LogP contribution in [0.1, 0.15) is 20.0 Å². The lowest BCUT2D eigenvalue weighted by atomic mass is 10.1. The van der Waals surface area contributed by atoms with Gasteiger partial charge in [-0.15, -0.1) is 0 Å². The van der Waals surface area contributed by atoms with E-state index in [1.807, 2.05) is 0 Å². The molecule has 0 unspecified atom stereocenters. The fourth-order valence-corrected chi connectivity index (χ4v) is 2.98. The van der Waals surface area contributed by atoms with Crippen molar-refractivity contribution in [1.82, 2.24) is 9.55 Å². The summed E-state index contributed by atoms with van der Waals surface area (Å²) < 4.78 is 64.6. The summed E-state index contributed by atoms with van der Waals surface area (Å²) in [5.41, 5.74) is 10.4. The van der Waals surface area contributed by atoms with E-state index >= 15 is 0 Å². The molecule has 0 aliphatic carbocycles. The Balaban J connectivity index is 2.34. The molecule has 0 aliphatic rings. The number of carbonyl (C=O) groups excluding carboxylic acids is 1. The molecule has 3 rings (SSSR count). The van der Waals surface area contributed by atoms with Crippen molar-refractivity contribution in [2.75, 3.05) is 30.4 Å². The van der Waals surface area contributed by atoms with Gasteiger partial charge in [-0.05, 0) is 42.8 Å². The van der Waals surface area contributed by atoms with Gasteiger partial charge in [0.2, 0.25) is 0 Å². The Labute approximate surface area is 172 Å². The number of hydrogen-bond acceptors (Lipinski definition) is 7. The van der Waals surface area contributed by atoms with Gasteiger partial charge in [-0.2, -0.15) is 13.2 Å². The highest BCUT2D eigenvalue weighted by atomic mass is 19.4. The second kappa shape index (κ2) is 7.58. The van der Waals surface area contributed by atoms with E-state index in [9.17, 15) is 22.8 Å². The minimum absolute atomic E-state index is 0.0147. The first-order valence-electron chi connectivity index (χ1n) is 9.93. The number of carbonyl (C=O) groups is 1. The molecule has 0 bridgehead atoms. The summed E-state index contributed by atoms with van der Waals surface area (Å²) in [6.07, 6.45) is -4.52. The Morgan fingerprint density at radius 2 is 2.03 bits per heavy atom. The summed E-state index contributed by atoms with van der Waals surface area (Å²) in [6, 6.07) is 6.86. The van der Waals surface area contributed by atoms with Crippen LogP contribution in [-0.2, 0) is 4.74 Å². The molecule has 2 aromatic heterocycles. The first-order chi connectivity index (χ1) is 15.2. The molecule has 0 aliphatic heterocycles. The fourth-order valence-electron chi connectivity index (χ4n) is 2.98. The quantitative estimate of drug-likeness (QED) is 0.434. The molecule has 8 nitrogen and oxygen atoms in total. The Morgan fingerprint density at radius 3 is 2.67 bits per heavy atom. The van der Waals surface area contributed by atoms with Crippen molar-refractivity contribution in [2.45, 2.75) is 13.1 Å². The highest BCUT2D eigenvalue weighted by Crippen LogP contribution is 2.27. The zero-order valence-electron chi connectivity index (χ0n) is 18.5. The zero-order valence-corrected chi connectivity index (χ0v) is 15.5. The van der Waals surface area contributed by atoms with Crippen LogP contribution < -0.4 is 22.3 Å². The van der Waals surface area contributed by atoms with E-state index in [0.29, 0.717) is 11.3 Å². The summed E-state index contributed by atoms with van der Waals surface area (Å²) in [4.78, 5) is 29.9. The molecule has 3 aromatic rings. The predicted molar refractivity (Wildman–Crippen MR) is 107 cm³/mol. The number of rotatable bonds is 4. The van der Waals surface area contributed by atoms with Crippen molar-refractivity contribution in [3.63, 3.8) is 0 Å². The molecule has 5 N–H and O–H groups in total. The number of pyridine rings is 2. The van der Waals surface area contributed by atoms with E-state index in [1.165, 1.54) is 30.3 Å². The summed E-state index contributed by atoms with van der Waals surface area (Å²) in [7, 11) is -3.14. The van der Waals surface area contributed by atoms with E-state index in [4.69, 9.17) is 15.6 Å². The number of nitrogen functional groups attached to an aromatic ring is 2. The van der Waals surface area contributed by atoms with Crippen molar-refractivity contribution < 1.29 is 26.8 Å². The average Bonchev–Trinajstić information content (AvgIpc) is 2.66. The predicted octanol–water partition coefficient (Wildman–Crippen LogP) is 2.62. The second-order valence-corrected chi connectivity index (χ2v) is 6.40. The molecule has 0 atom stereocenters. The highest BCUT2D eigenvalue weighted by Gasteiger charge is 2.27. The van der Waals surface area contributed by atoms with Gasteiger partial charge in [0.25, 0.3) is 5.56 Å². The first kappa shape index (κ1) is 17.1. The second-order valence-electron chi connectivity index (χ2n) is 6.40. The van der Waals surface area contributed by atoms with Gasteiger partial charge >= 0.3 is 12.1 Å². The number of anilines is 3. The molecule has 0 spiro atoms. The van der Waals surface area contributed by atoms with Crippen molar-refractivity contribution in [1.29, 1.82) is 0 Å². The lowest BCUT2D eigenvalue weighted by Crippen LogP contribution is -2.29. The van der Waals surface area contributed by atoms with Gasteiger partial charge in [-0.25, -0.2) is 9.78 Å². The van der Waals surface area contributed by atoms with Crippen LogP contribution >= 0.6 is 0 Å². The fraction of sp³-hybridized carbons (Fsp3) is 0.211. The summed E-state index contributed by atoms with van der Waals surface area (Å²) in [5, 5.41) is 2.12. The topological polar surface area (TPSA) is 125 Å². The number of aromatic nitrogens is 2. The third-order valence-corrected chi connectivity index (χ3v) is 4.29. The Hall–Kier alpha value is -3.76. The molecular weight excluding hydrogens is 403 g/mol. The molecule has 0 saturated carbocycles. The van der Waals surface area contributed by atoms with Gasteiger partial charge < -0.3 is 21.5 Å². The van der Waals surface area contributed by atoms with E-state index < -0.39 is 42.5 Å². The van der Waals surface area contributed by atoms with Crippen LogP contribution in [0.3, 0.4) is 0 Å². The first-order valence-corrected chi connectivity index (χ1v) is 8.43. The summed E-state index contributed by atoms with van der Waals surface area (Å²) >= 11 is 0. The third-order valence-electron chi connectivity index (χ3n) is 4.29. The number of nitrogens with zero attached hydrogens (tertiary/aromatic N) is 2. The Kier molecular flexibility index (Phi) is 4.33. The van der Waals surface area contributed by atoms with Crippen molar-refractivity contribution in [3.8, 4) is 5.69 Å². The molecule has 30 heavy (non-hydrogen) atoms. The van der Waals surface area contributed by atoms with Crippen molar-refractivity contribution in [2.24, 2.45) is 0 Å². The minimum Gasteiger partial charge on any atom is -0.465 e. The Morgan fingerprint density at radius 1 is 1.30 bits per heavy atom. The molecule has 2 heterocycles. The van der Waals surface area contributed by atoms with Gasteiger partial charge in [-0.1, -0.05) is 0 Å². The number of halogens is 3. The lowest BCUT2D eigenvalue weighted by molar-refractivity contribution is -0.115. The van der Waals surface area contributed by atoms with Crippen LogP contribution in [0, 0.1) is 6.92 Å². The SMILES string of the molecule is [2H]C([2H])([2H])OC(=O)c1c(N)c2ccc(NCC(F)(F)F)nc2n(-c2ccc(N)cc2C)c1=O. The van der Waals surface area contributed by atoms with Crippen LogP contribution in [-0.4, -0.2) is 35.3 Å². The van der Waals surface area contributed by atoms with Crippen molar-refractivity contribution >= 4 is 34.2 Å². The standard InChI is InChI=1S/C19H18F3N5O3/c1-9-7-10(23)3-5-12(9)27-16-11(15(24)14(17(27)28)18(29)30-2)4-6-13(26-16)25-8-19(20,21)22/h3-7H,8,23-24H2,1-2H3,(H,25,26)/i2D3. The number of methoxy groups -OCH3 is 1. The maximum atomic E-state index is 13.3. The molecule has 158 valence electrons. The number of aryl methyl sites for hydroxylation is 1. The maximum Gasteiger partial charge on any atom is 0.405 e. The van der Waals surface area contributed by atoms with Gasteiger partial charge in [0, 0.05) is 11.1 Å². The van der Waals surface area contributed by atoms with Crippen LogP contribution in [0.4, 0.5) is 30.4 Å². The number of fused-ring (bicyclic) bond motifs is 1. The monoisotopic (exact) mass is 424 g/mol. The lowest BCUT2D eigenvalue weighted by Gasteiger charge is -2.17. The number of benzene rings is 1. The average molecular weight is 424 g/mol. The Bertz CT molecular complexity index is 1310. The van der Waals surface area contributed by atoms with E-state index in [2.05, 4.69) is 15.0 Å². The zero-order chi connectivity index (χ0) is 24.7. The number of esters is 1. The van der Waals surface area contributed by atoms with Crippen molar-refractivity contribution in [3.05, 3.63) is 51.8 Å². The van der Waals surface area contributed by atoms with Crippen LogP contribution in [0.2, 0.25) is 0 Å². The number of nitrogens with one attached hydrogen (secondary N) is 1. The molecule has 0 radical (unpaired) electrons. The van der Waals surface area contributed by atoms with Gasteiger partial charge in [0.15, 0.2) is 5.65 Å². The number of hydrogen-bond donors (Lipinski definition) is 3. The molecular formula is C19H18F3N5O3. The highest BCUT2D eigenvalue weighted by molar-refractivity contribution is 6.04. The number of alkyl halides is 3. The molecule has 0 fully saturated rings.